The Morgan fingerprint density at radius 2 is 2.06 bits per heavy atom. The molecule has 1 aromatic rings. The highest BCUT2D eigenvalue weighted by Gasteiger charge is 2.18. The van der Waals surface area contributed by atoms with E-state index < -0.39 is 0 Å². The molecule has 92 valence electrons. The monoisotopic (exact) mass is 231 g/mol. The van der Waals surface area contributed by atoms with E-state index in [1.807, 2.05) is 6.08 Å². The van der Waals surface area contributed by atoms with Gasteiger partial charge in [0.15, 0.2) is 0 Å². The van der Waals surface area contributed by atoms with Gasteiger partial charge in [0.2, 0.25) is 0 Å². The number of nitrogens with one attached hydrogen (secondary N) is 1. The van der Waals surface area contributed by atoms with Crippen LogP contribution in [-0.2, 0) is 0 Å². The predicted molar refractivity (Wildman–Crippen MR) is 75.0 cm³/mol. The van der Waals surface area contributed by atoms with Crippen LogP contribution in [0.15, 0.2) is 36.9 Å². The van der Waals surface area contributed by atoms with Gasteiger partial charge in [-0.05, 0) is 12.1 Å². The van der Waals surface area contributed by atoms with Gasteiger partial charge in [-0.2, -0.15) is 0 Å². The molecule has 0 unspecified atom stereocenters. The molecule has 0 saturated carbocycles. The number of anilines is 2. The Morgan fingerprint density at radius 1 is 1.29 bits per heavy atom. The van der Waals surface area contributed by atoms with E-state index in [-0.39, 0.29) is 0 Å². The molecule has 1 N–H and O–H groups in total. The van der Waals surface area contributed by atoms with Crippen LogP contribution in [-0.4, -0.2) is 39.8 Å². The van der Waals surface area contributed by atoms with Crippen LogP contribution in [0.4, 0.5) is 11.4 Å². The Hall–Kier alpha value is -1.48. The first-order valence-electron chi connectivity index (χ1n) is 6.19. The maximum atomic E-state index is 3.71. The highest BCUT2D eigenvalue weighted by Crippen LogP contribution is 2.31. The van der Waals surface area contributed by atoms with Gasteiger partial charge in [-0.3, -0.25) is 0 Å². The smallest absolute Gasteiger partial charge is 0.0605 e. The number of hydrogen-bond donors (Lipinski definition) is 1. The van der Waals surface area contributed by atoms with Gasteiger partial charge in [-0.1, -0.05) is 18.2 Å². The van der Waals surface area contributed by atoms with Crippen molar-refractivity contribution >= 4 is 11.4 Å². The summed E-state index contributed by atoms with van der Waals surface area (Å²) in [7, 11) is 2.16. The minimum Gasteiger partial charge on any atom is -0.371 e. The van der Waals surface area contributed by atoms with Gasteiger partial charge in [0, 0.05) is 39.8 Å². The lowest BCUT2D eigenvalue weighted by atomic mass is 10.2. The molecule has 0 amide bonds. The number of hydrogen-bond acceptors (Lipinski definition) is 3. The average molecular weight is 231 g/mol. The van der Waals surface area contributed by atoms with E-state index in [1.165, 1.54) is 11.4 Å². The first-order chi connectivity index (χ1) is 8.33. The van der Waals surface area contributed by atoms with Gasteiger partial charge in [-0.25, -0.2) is 0 Å². The zero-order chi connectivity index (χ0) is 12.1. The van der Waals surface area contributed by atoms with Crippen molar-refractivity contribution in [1.29, 1.82) is 0 Å². The molecule has 0 spiro atoms. The Bertz CT molecular complexity index is 375. The van der Waals surface area contributed by atoms with Crippen molar-refractivity contribution in [2.24, 2.45) is 0 Å². The first-order valence-corrected chi connectivity index (χ1v) is 6.19. The molecule has 3 heteroatoms. The molecule has 0 aromatic heterocycles. The number of nitrogens with zero attached hydrogens (tertiary/aromatic N) is 2. The van der Waals surface area contributed by atoms with Gasteiger partial charge in [0.05, 0.1) is 11.4 Å². The lowest BCUT2D eigenvalue weighted by Crippen LogP contribution is -2.42. The predicted octanol–water partition coefficient (Wildman–Crippen LogP) is 1.72. The molecule has 1 heterocycles. The summed E-state index contributed by atoms with van der Waals surface area (Å²) in [6.07, 6.45) is 1.90. The molecule has 1 aromatic carbocycles. The van der Waals surface area contributed by atoms with Crippen molar-refractivity contribution < 1.29 is 0 Å². The Morgan fingerprint density at radius 3 is 2.82 bits per heavy atom. The molecular formula is C14H21N3. The van der Waals surface area contributed by atoms with Crippen molar-refractivity contribution in [3.8, 4) is 0 Å². The van der Waals surface area contributed by atoms with Crippen molar-refractivity contribution in [1.82, 2.24) is 5.32 Å². The number of para-hydroxylation sites is 2. The zero-order valence-corrected chi connectivity index (χ0v) is 10.5. The van der Waals surface area contributed by atoms with E-state index >= 15 is 0 Å². The fraction of sp³-hybridized carbons (Fsp3) is 0.429. The van der Waals surface area contributed by atoms with Crippen molar-refractivity contribution in [2.75, 3.05) is 49.6 Å². The van der Waals surface area contributed by atoms with E-state index in [0.717, 1.165) is 32.7 Å². The van der Waals surface area contributed by atoms with Gasteiger partial charge in [-0.15, -0.1) is 6.58 Å². The van der Waals surface area contributed by atoms with Crippen LogP contribution in [0.1, 0.15) is 0 Å². The molecule has 0 fully saturated rings. The zero-order valence-electron chi connectivity index (χ0n) is 10.5. The summed E-state index contributed by atoms with van der Waals surface area (Å²) in [5, 5.41) is 3.35. The van der Waals surface area contributed by atoms with Crippen LogP contribution in [0.3, 0.4) is 0 Å². The van der Waals surface area contributed by atoms with Gasteiger partial charge in [0.1, 0.15) is 0 Å². The van der Waals surface area contributed by atoms with E-state index in [4.69, 9.17) is 0 Å². The Kier molecular flexibility index (Phi) is 4.04. The maximum Gasteiger partial charge on any atom is 0.0605 e. The number of likely N-dealkylation sites (N-methyl/N-ethyl adjacent to an activating group) is 1. The normalized spacial score (nSPS) is 14.6. The van der Waals surface area contributed by atoms with Crippen LogP contribution in [0.5, 0.6) is 0 Å². The van der Waals surface area contributed by atoms with E-state index in [1.54, 1.807) is 0 Å². The van der Waals surface area contributed by atoms with Gasteiger partial charge < -0.3 is 15.1 Å². The van der Waals surface area contributed by atoms with Crippen LogP contribution in [0, 0.1) is 0 Å². The highest BCUT2D eigenvalue weighted by atomic mass is 15.3. The molecule has 1 aliphatic rings. The topological polar surface area (TPSA) is 18.5 Å². The van der Waals surface area contributed by atoms with Crippen LogP contribution < -0.4 is 15.1 Å². The third-order valence-electron chi connectivity index (χ3n) is 3.19. The minimum atomic E-state index is 0.884. The fourth-order valence-electron chi connectivity index (χ4n) is 2.22. The molecule has 1 aliphatic heterocycles. The van der Waals surface area contributed by atoms with Crippen LogP contribution in [0.25, 0.3) is 0 Å². The molecular weight excluding hydrogens is 210 g/mol. The summed E-state index contributed by atoms with van der Waals surface area (Å²) in [5.41, 5.74) is 2.68. The quantitative estimate of drug-likeness (QED) is 0.615. The molecule has 0 aliphatic carbocycles. The summed E-state index contributed by atoms with van der Waals surface area (Å²) in [5.74, 6) is 0. The summed E-state index contributed by atoms with van der Waals surface area (Å²) in [4.78, 5) is 4.77. The third kappa shape index (κ3) is 2.80. The first kappa shape index (κ1) is 12.0. The van der Waals surface area contributed by atoms with Crippen molar-refractivity contribution in [3.63, 3.8) is 0 Å². The molecule has 2 rings (SSSR count). The third-order valence-corrected chi connectivity index (χ3v) is 3.19. The largest absolute Gasteiger partial charge is 0.371 e. The standard InChI is InChI=1S/C14H21N3/c1-3-8-15-9-10-17-12-11-16(2)13-6-4-5-7-14(13)17/h3-7,15H,1,8-12H2,2H3. The summed E-state index contributed by atoms with van der Waals surface area (Å²) >= 11 is 0. The molecule has 0 radical (unpaired) electrons. The number of rotatable bonds is 5. The Labute approximate surface area is 104 Å². The Balaban J connectivity index is 2.00. The van der Waals surface area contributed by atoms with Crippen LogP contribution >= 0.6 is 0 Å². The minimum absolute atomic E-state index is 0.884. The lowest BCUT2D eigenvalue weighted by molar-refractivity contribution is 0.677. The molecule has 0 saturated heterocycles. The second kappa shape index (κ2) is 5.73. The van der Waals surface area contributed by atoms with Gasteiger partial charge in [0.25, 0.3) is 0 Å². The summed E-state index contributed by atoms with van der Waals surface area (Å²) < 4.78 is 0. The fourth-order valence-corrected chi connectivity index (χ4v) is 2.22. The molecule has 0 bridgehead atoms. The van der Waals surface area contributed by atoms with Crippen LogP contribution in [0.2, 0.25) is 0 Å². The number of benzene rings is 1. The number of fused-ring (bicyclic) bond motifs is 1. The SMILES string of the molecule is C=CCNCCN1CCN(C)c2ccccc21. The summed E-state index contributed by atoms with van der Waals surface area (Å²) in [6.45, 7) is 8.85. The second-order valence-corrected chi connectivity index (χ2v) is 4.39. The summed E-state index contributed by atoms with van der Waals surface area (Å²) in [6, 6.07) is 8.62. The van der Waals surface area contributed by atoms with Crippen molar-refractivity contribution in [3.05, 3.63) is 36.9 Å². The maximum absolute atomic E-state index is 3.71. The highest BCUT2D eigenvalue weighted by molar-refractivity contribution is 5.73. The molecule has 17 heavy (non-hydrogen) atoms. The van der Waals surface area contributed by atoms with E-state index in [9.17, 15) is 0 Å². The average Bonchev–Trinajstić information content (AvgIpc) is 2.37. The molecule has 3 nitrogen and oxygen atoms in total. The van der Waals surface area contributed by atoms with Crippen molar-refractivity contribution in [2.45, 2.75) is 0 Å². The van der Waals surface area contributed by atoms with E-state index in [2.05, 4.69) is 53.0 Å². The molecule has 0 atom stereocenters. The lowest BCUT2D eigenvalue weighted by Gasteiger charge is -2.37. The second-order valence-electron chi connectivity index (χ2n) is 4.39. The van der Waals surface area contributed by atoms with Gasteiger partial charge >= 0.3 is 0 Å². The van der Waals surface area contributed by atoms with E-state index in [0.29, 0.717) is 0 Å².